The Bertz CT molecular complexity index is 252. The number of nitrogens with zero attached hydrogens (tertiary/aromatic N) is 2. The third-order valence-corrected chi connectivity index (χ3v) is 4.97. The van der Waals surface area contributed by atoms with Gasteiger partial charge < -0.3 is 4.90 Å². The molecule has 0 unspecified atom stereocenters. The Hall–Kier alpha value is -0.0800. The monoisotopic (exact) mass is 210 g/mol. The van der Waals surface area contributed by atoms with Gasteiger partial charge in [0.15, 0.2) is 0 Å². The van der Waals surface area contributed by atoms with Gasteiger partial charge in [-0.1, -0.05) is 20.8 Å². The van der Waals surface area contributed by atoms with Crippen molar-refractivity contribution in [2.75, 3.05) is 26.7 Å². The molecular weight excluding hydrogens is 184 g/mol. The van der Waals surface area contributed by atoms with Gasteiger partial charge in [-0.15, -0.1) is 0 Å². The minimum atomic E-state index is 0.319. The molecule has 2 aliphatic heterocycles. The van der Waals surface area contributed by atoms with Crippen LogP contribution in [0.4, 0.5) is 0 Å². The molecular formula is C13H26N2. The summed E-state index contributed by atoms with van der Waals surface area (Å²) in [6.45, 7) is 15.8. The van der Waals surface area contributed by atoms with Gasteiger partial charge in [-0.05, 0) is 26.3 Å². The van der Waals surface area contributed by atoms with Gasteiger partial charge >= 0.3 is 0 Å². The van der Waals surface area contributed by atoms with Crippen LogP contribution in [0.1, 0.15) is 34.6 Å². The number of hydrogen-bond acceptors (Lipinski definition) is 2. The van der Waals surface area contributed by atoms with Crippen molar-refractivity contribution >= 4 is 0 Å². The molecule has 0 aromatic carbocycles. The van der Waals surface area contributed by atoms with Gasteiger partial charge in [0.2, 0.25) is 0 Å². The summed E-state index contributed by atoms with van der Waals surface area (Å²) in [5, 5.41) is 0. The maximum Gasteiger partial charge on any atom is 0.0281 e. The van der Waals surface area contributed by atoms with Crippen molar-refractivity contribution in [3.05, 3.63) is 0 Å². The standard InChI is InChI=1S/C13H26N2/c1-12(2,3)13(4,5)15-8-10-7-14(6)9-11(10)15/h10-11H,7-9H2,1-6H3/t10-,11-/m0/s1. The van der Waals surface area contributed by atoms with Crippen LogP contribution in [0, 0.1) is 11.3 Å². The highest BCUT2D eigenvalue weighted by Gasteiger charge is 2.52. The van der Waals surface area contributed by atoms with Crippen LogP contribution in [0.15, 0.2) is 0 Å². The van der Waals surface area contributed by atoms with E-state index in [0.717, 1.165) is 12.0 Å². The van der Waals surface area contributed by atoms with Gasteiger partial charge in [0, 0.05) is 37.1 Å². The van der Waals surface area contributed by atoms with E-state index in [-0.39, 0.29) is 0 Å². The maximum atomic E-state index is 2.72. The second-order valence-corrected chi connectivity index (χ2v) is 7.01. The van der Waals surface area contributed by atoms with Crippen molar-refractivity contribution < 1.29 is 0 Å². The zero-order valence-electron chi connectivity index (χ0n) is 11.2. The summed E-state index contributed by atoms with van der Waals surface area (Å²) in [5.74, 6) is 0.941. The van der Waals surface area contributed by atoms with Crippen LogP contribution in [0.25, 0.3) is 0 Å². The van der Waals surface area contributed by atoms with E-state index < -0.39 is 0 Å². The van der Waals surface area contributed by atoms with Crippen LogP contribution in [-0.4, -0.2) is 48.1 Å². The van der Waals surface area contributed by atoms with Gasteiger partial charge in [-0.3, -0.25) is 4.90 Å². The zero-order chi connectivity index (χ0) is 11.4. The summed E-state index contributed by atoms with van der Waals surface area (Å²) in [6.07, 6.45) is 0. The molecule has 88 valence electrons. The van der Waals surface area contributed by atoms with Gasteiger partial charge in [0.25, 0.3) is 0 Å². The molecule has 2 aliphatic rings. The molecule has 0 bridgehead atoms. The molecule has 0 aliphatic carbocycles. The maximum absolute atomic E-state index is 2.72. The molecule has 0 amide bonds. The summed E-state index contributed by atoms with van der Waals surface area (Å²) in [5.41, 5.74) is 0.679. The average Bonchev–Trinajstić information content (AvgIpc) is 2.28. The summed E-state index contributed by atoms with van der Waals surface area (Å²) >= 11 is 0. The molecule has 0 radical (unpaired) electrons. The number of likely N-dealkylation sites (N-methyl/N-ethyl adjacent to an activating group) is 1. The fraction of sp³-hybridized carbons (Fsp3) is 1.00. The number of likely N-dealkylation sites (tertiary alicyclic amines) is 2. The Balaban J connectivity index is 2.08. The second-order valence-electron chi connectivity index (χ2n) is 7.01. The van der Waals surface area contributed by atoms with Crippen molar-refractivity contribution in [3.8, 4) is 0 Å². The fourth-order valence-electron chi connectivity index (χ4n) is 2.92. The lowest BCUT2D eigenvalue weighted by molar-refractivity contribution is -0.0863. The molecule has 0 spiro atoms. The summed E-state index contributed by atoms with van der Waals surface area (Å²) in [4.78, 5) is 5.20. The van der Waals surface area contributed by atoms with Crippen molar-refractivity contribution in [3.63, 3.8) is 0 Å². The zero-order valence-corrected chi connectivity index (χ0v) is 11.2. The third-order valence-electron chi connectivity index (χ3n) is 4.97. The van der Waals surface area contributed by atoms with E-state index in [0.29, 0.717) is 11.0 Å². The van der Waals surface area contributed by atoms with Crippen LogP contribution >= 0.6 is 0 Å². The molecule has 2 heteroatoms. The molecule has 15 heavy (non-hydrogen) atoms. The van der Waals surface area contributed by atoms with E-state index in [1.807, 2.05) is 0 Å². The minimum Gasteiger partial charge on any atom is -0.304 e. The van der Waals surface area contributed by atoms with E-state index >= 15 is 0 Å². The largest absolute Gasteiger partial charge is 0.304 e. The third kappa shape index (κ3) is 1.62. The first-order chi connectivity index (χ1) is 6.73. The smallest absolute Gasteiger partial charge is 0.0281 e. The van der Waals surface area contributed by atoms with E-state index in [1.54, 1.807) is 0 Å². The van der Waals surface area contributed by atoms with Crippen LogP contribution in [0.2, 0.25) is 0 Å². The SMILES string of the molecule is CN1C[C@H]2CN(C(C)(C)C(C)(C)C)[C@H]2C1. The second kappa shape index (κ2) is 3.21. The van der Waals surface area contributed by atoms with Crippen molar-refractivity contribution in [1.29, 1.82) is 0 Å². The Morgan fingerprint density at radius 1 is 0.933 bits per heavy atom. The quantitative estimate of drug-likeness (QED) is 0.653. The summed E-state index contributed by atoms with van der Waals surface area (Å²) in [6, 6.07) is 0.823. The summed E-state index contributed by atoms with van der Waals surface area (Å²) < 4.78 is 0. The van der Waals surface area contributed by atoms with E-state index in [1.165, 1.54) is 19.6 Å². The Labute approximate surface area is 94.6 Å². The molecule has 0 aromatic heterocycles. The Morgan fingerprint density at radius 3 is 2.00 bits per heavy atom. The van der Waals surface area contributed by atoms with Crippen LogP contribution in [-0.2, 0) is 0 Å². The molecule has 0 saturated carbocycles. The van der Waals surface area contributed by atoms with Crippen molar-refractivity contribution in [2.24, 2.45) is 11.3 Å². The topological polar surface area (TPSA) is 6.48 Å². The van der Waals surface area contributed by atoms with Crippen LogP contribution < -0.4 is 0 Å². The molecule has 0 aromatic rings. The number of fused-ring (bicyclic) bond motifs is 1. The number of rotatable bonds is 1. The van der Waals surface area contributed by atoms with Crippen molar-refractivity contribution in [2.45, 2.75) is 46.2 Å². The lowest BCUT2D eigenvalue weighted by atomic mass is 9.71. The average molecular weight is 210 g/mol. The van der Waals surface area contributed by atoms with Crippen LogP contribution in [0.3, 0.4) is 0 Å². The number of hydrogen-bond donors (Lipinski definition) is 0. The molecule has 2 heterocycles. The Morgan fingerprint density at radius 2 is 1.53 bits per heavy atom. The highest BCUT2D eigenvalue weighted by Crippen LogP contribution is 2.44. The van der Waals surface area contributed by atoms with Gasteiger partial charge in [-0.2, -0.15) is 0 Å². The summed E-state index contributed by atoms with van der Waals surface area (Å²) in [7, 11) is 2.25. The fourth-order valence-corrected chi connectivity index (χ4v) is 2.92. The first-order valence-corrected chi connectivity index (χ1v) is 6.19. The van der Waals surface area contributed by atoms with Gasteiger partial charge in [-0.25, -0.2) is 0 Å². The van der Waals surface area contributed by atoms with Gasteiger partial charge in [0.05, 0.1) is 0 Å². The van der Waals surface area contributed by atoms with E-state index in [4.69, 9.17) is 0 Å². The molecule has 2 atom stereocenters. The molecule has 2 rings (SSSR count). The van der Waals surface area contributed by atoms with E-state index in [9.17, 15) is 0 Å². The Kier molecular flexibility index (Phi) is 2.44. The highest BCUT2D eigenvalue weighted by molar-refractivity contribution is 5.07. The molecule has 2 nitrogen and oxygen atoms in total. The highest BCUT2D eigenvalue weighted by atomic mass is 15.4. The first kappa shape index (κ1) is 11.4. The lowest BCUT2D eigenvalue weighted by Gasteiger charge is -2.58. The van der Waals surface area contributed by atoms with Crippen LogP contribution in [0.5, 0.6) is 0 Å². The normalized spacial score (nSPS) is 34.0. The predicted octanol–water partition coefficient (Wildman–Crippen LogP) is 2.06. The predicted molar refractivity (Wildman–Crippen MR) is 65.0 cm³/mol. The molecule has 2 fully saturated rings. The van der Waals surface area contributed by atoms with Crippen molar-refractivity contribution in [1.82, 2.24) is 9.80 Å². The lowest BCUT2D eigenvalue weighted by Crippen LogP contribution is -2.67. The van der Waals surface area contributed by atoms with E-state index in [2.05, 4.69) is 51.5 Å². The molecule has 2 saturated heterocycles. The molecule has 0 N–H and O–H groups in total. The minimum absolute atomic E-state index is 0.319. The van der Waals surface area contributed by atoms with Gasteiger partial charge in [0.1, 0.15) is 0 Å². The first-order valence-electron chi connectivity index (χ1n) is 6.19.